The van der Waals surface area contributed by atoms with Crippen LogP contribution >= 0.6 is 11.6 Å². The van der Waals surface area contributed by atoms with E-state index in [-0.39, 0.29) is 5.78 Å². The number of anilines is 1. The number of hydrogen-bond acceptors (Lipinski definition) is 2. The highest BCUT2D eigenvalue weighted by atomic mass is 35.5. The topological polar surface area (TPSA) is 43.1 Å². The van der Waals surface area contributed by atoms with E-state index in [0.29, 0.717) is 27.8 Å². The van der Waals surface area contributed by atoms with Crippen LogP contribution < -0.4 is 5.73 Å². The molecule has 2 aromatic rings. The third-order valence-electron chi connectivity index (χ3n) is 3.12. The first-order valence-electron chi connectivity index (χ1n) is 6.66. The molecule has 0 radical (unpaired) electrons. The Morgan fingerprint density at radius 3 is 2.40 bits per heavy atom. The summed E-state index contributed by atoms with van der Waals surface area (Å²) in [4.78, 5) is 12.4. The summed E-state index contributed by atoms with van der Waals surface area (Å²) in [6.45, 7) is 4.34. The van der Waals surface area contributed by atoms with E-state index < -0.39 is 0 Å². The van der Waals surface area contributed by atoms with E-state index in [9.17, 15) is 4.79 Å². The highest BCUT2D eigenvalue weighted by molar-refractivity contribution is 6.31. The van der Waals surface area contributed by atoms with E-state index in [2.05, 4.69) is 13.8 Å². The molecule has 0 aliphatic heterocycles. The normalized spacial score (nSPS) is 10.8. The summed E-state index contributed by atoms with van der Waals surface area (Å²) in [5, 5.41) is 0.513. The third kappa shape index (κ3) is 3.40. The van der Waals surface area contributed by atoms with Crippen molar-refractivity contribution < 1.29 is 4.79 Å². The van der Waals surface area contributed by atoms with Crippen LogP contribution in [0.25, 0.3) is 0 Å². The number of nitrogen functional groups attached to an aromatic ring is 1. The minimum absolute atomic E-state index is 0.0962. The number of nitrogens with two attached hydrogens (primary N) is 1. The van der Waals surface area contributed by atoms with Gasteiger partial charge in [-0.05, 0) is 36.1 Å². The third-order valence-corrected chi connectivity index (χ3v) is 3.36. The molecule has 0 unspecified atom stereocenters. The number of carbonyl (C=O) groups excluding carboxylic acids is 1. The van der Waals surface area contributed by atoms with Crippen molar-refractivity contribution in [3.8, 4) is 0 Å². The summed E-state index contributed by atoms with van der Waals surface area (Å²) >= 11 is 5.92. The van der Waals surface area contributed by atoms with Gasteiger partial charge >= 0.3 is 0 Å². The highest BCUT2D eigenvalue weighted by Crippen LogP contribution is 2.21. The summed E-state index contributed by atoms with van der Waals surface area (Å²) in [6.07, 6.45) is 1.01. The molecule has 0 aromatic heterocycles. The van der Waals surface area contributed by atoms with Gasteiger partial charge in [0.05, 0.1) is 0 Å². The van der Waals surface area contributed by atoms with Crippen molar-refractivity contribution in [1.29, 1.82) is 0 Å². The second kappa shape index (κ2) is 6.10. The summed E-state index contributed by atoms with van der Waals surface area (Å²) in [6, 6.07) is 12.6. The lowest BCUT2D eigenvalue weighted by atomic mass is 9.98. The zero-order chi connectivity index (χ0) is 14.7. The van der Waals surface area contributed by atoms with Crippen molar-refractivity contribution in [2.75, 3.05) is 5.73 Å². The Balaban J connectivity index is 2.27. The Morgan fingerprint density at radius 2 is 1.80 bits per heavy atom. The van der Waals surface area contributed by atoms with Gasteiger partial charge in [-0.1, -0.05) is 49.7 Å². The number of benzene rings is 2. The average Bonchev–Trinajstić information content (AvgIpc) is 2.41. The number of halogens is 1. The van der Waals surface area contributed by atoms with Crippen LogP contribution in [0.5, 0.6) is 0 Å². The van der Waals surface area contributed by atoms with E-state index in [0.717, 1.165) is 6.42 Å². The van der Waals surface area contributed by atoms with Crippen LogP contribution in [-0.4, -0.2) is 5.78 Å². The Morgan fingerprint density at radius 1 is 1.15 bits per heavy atom. The molecule has 0 aliphatic carbocycles. The van der Waals surface area contributed by atoms with Crippen LogP contribution in [0.3, 0.4) is 0 Å². The van der Waals surface area contributed by atoms with E-state index in [1.165, 1.54) is 5.56 Å². The van der Waals surface area contributed by atoms with Gasteiger partial charge in [-0.3, -0.25) is 4.79 Å². The second-order valence-corrected chi connectivity index (χ2v) is 5.79. The Kier molecular flexibility index (Phi) is 4.46. The molecule has 2 rings (SSSR count). The fraction of sp³-hybridized carbons (Fsp3) is 0.235. The van der Waals surface area contributed by atoms with Crippen molar-refractivity contribution in [2.45, 2.75) is 20.3 Å². The van der Waals surface area contributed by atoms with Crippen LogP contribution in [0.1, 0.15) is 35.3 Å². The largest absolute Gasteiger partial charge is 0.398 e. The molecule has 0 heterocycles. The fourth-order valence-corrected chi connectivity index (χ4v) is 2.32. The fourth-order valence-electron chi connectivity index (χ4n) is 2.14. The molecule has 0 aliphatic rings. The molecule has 0 bridgehead atoms. The lowest BCUT2D eigenvalue weighted by Gasteiger charge is -2.08. The molecule has 0 amide bonds. The molecule has 2 N–H and O–H groups in total. The van der Waals surface area contributed by atoms with E-state index >= 15 is 0 Å². The summed E-state index contributed by atoms with van der Waals surface area (Å²) in [7, 11) is 0. The van der Waals surface area contributed by atoms with E-state index in [4.69, 9.17) is 17.3 Å². The van der Waals surface area contributed by atoms with Crippen molar-refractivity contribution in [3.05, 3.63) is 64.2 Å². The number of ketones is 1. The van der Waals surface area contributed by atoms with Gasteiger partial charge in [-0.2, -0.15) is 0 Å². The minimum atomic E-state index is -0.0962. The van der Waals surface area contributed by atoms with Gasteiger partial charge in [0.2, 0.25) is 0 Å². The lowest BCUT2D eigenvalue weighted by molar-refractivity contribution is 0.103. The first-order chi connectivity index (χ1) is 9.47. The second-order valence-electron chi connectivity index (χ2n) is 5.36. The zero-order valence-electron chi connectivity index (χ0n) is 11.7. The zero-order valence-corrected chi connectivity index (χ0v) is 12.4. The first-order valence-corrected chi connectivity index (χ1v) is 7.04. The van der Waals surface area contributed by atoms with Gasteiger partial charge in [0.1, 0.15) is 0 Å². The molecule has 104 valence electrons. The van der Waals surface area contributed by atoms with Crippen molar-refractivity contribution in [1.82, 2.24) is 0 Å². The summed E-state index contributed by atoms with van der Waals surface area (Å²) in [5.41, 5.74) is 8.61. The van der Waals surface area contributed by atoms with Gasteiger partial charge in [0.25, 0.3) is 0 Å². The Labute approximate surface area is 124 Å². The SMILES string of the molecule is CC(C)Cc1ccc(C(=O)c2cc(Cl)ccc2N)cc1. The molecule has 2 nitrogen and oxygen atoms in total. The average molecular weight is 288 g/mol. The summed E-state index contributed by atoms with van der Waals surface area (Å²) in [5.74, 6) is 0.501. The van der Waals surface area contributed by atoms with E-state index in [1.807, 2.05) is 24.3 Å². The maximum Gasteiger partial charge on any atom is 0.195 e. The first kappa shape index (κ1) is 14.6. The molecule has 0 atom stereocenters. The maximum absolute atomic E-state index is 12.4. The van der Waals surface area contributed by atoms with Crippen LogP contribution in [0.15, 0.2) is 42.5 Å². The quantitative estimate of drug-likeness (QED) is 0.671. The predicted octanol–water partition coefficient (Wildman–Crippen LogP) is 4.35. The maximum atomic E-state index is 12.4. The van der Waals surface area contributed by atoms with Gasteiger partial charge < -0.3 is 5.73 Å². The molecular weight excluding hydrogens is 270 g/mol. The predicted molar refractivity (Wildman–Crippen MR) is 84.3 cm³/mol. The lowest BCUT2D eigenvalue weighted by Crippen LogP contribution is -2.05. The highest BCUT2D eigenvalue weighted by Gasteiger charge is 2.13. The monoisotopic (exact) mass is 287 g/mol. The molecule has 0 fully saturated rings. The van der Waals surface area contributed by atoms with Crippen LogP contribution in [0.2, 0.25) is 5.02 Å². The Bertz CT molecular complexity index is 617. The molecule has 3 heteroatoms. The van der Waals surface area contributed by atoms with Crippen LogP contribution in [0.4, 0.5) is 5.69 Å². The van der Waals surface area contributed by atoms with E-state index in [1.54, 1.807) is 18.2 Å². The van der Waals surface area contributed by atoms with Crippen molar-refractivity contribution >= 4 is 23.1 Å². The van der Waals surface area contributed by atoms with Gasteiger partial charge in [-0.25, -0.2) is 0 Å². The molecular formula is C17H18ClNO. The van der Waals surface area contributed by atoms with Crippen molar-refractivity contribution in [2.24, 2.45) is 5.92 Å². The molecule has 2 aromatic carbocycles. The minimum Gasteiger partial charge on any atom is -0.398 e. The number of carbonyl (C=O) groups is 1. The number of rotatable bonds is 4. The standard InChI is InChI=1S/C17H18ClNO/c1-11(2)9-12-3-5-13(6-4-12)17(20)15-10-14(18)7-8-16(15)19/h3-8,10-11H,9,19H2,1-2H3. The molecule has 20 heavy (non-hydrogen) atoms. The van der Waals surface area contributed by atoms with Gasteiger partial charge in [0, 0.05) is 21.8 Å². The van der Waals surface area contributed by atoms with Crippen molar-refractivity contribution in [3.63, 3.8) is 0 Å². The van der Waals surface area contributed by atoms with Gasteiger partial charge in [0.15, 0.2) is 5.78 Å². The van der Waals surface area contributed by atoms with Gasteiger partial charge in [-0.15, -0.1) is 0 Å². The van der Waals surface area contributed by atoms with Crippen LogP contribution in [0, 0.1) is 5.92 Å². The summed E-state index contributed by atoms with van der Waals surface area (Å²) < 4.78 is 0. The molecule has 0 saturated carbocycles. The van der Waals surface area contributed by atoms with Crippen LogP contribution in [-0.2, 0) is 6.42 Å². The molecule has 0 spiro atoms. The Hall–Kier alpha value is -1.80. The molecule has 0 saturated heterocycles. The number of hydrogen-bond donors (Lipinski definition) is 1. The smallest absolute Gasteiger partial charge is 0.195 e.